The summed E-state index contributed by atoms with van der Waals surface area (Å²) in [7, 11) is 0. The number of ether oxygens (including phenoxy) is 1. The standard InChI is InChI=1S/C18H22N2O3/c21-18(17-12-14-4-1-2-6-16(14)23-17)20-9-7-19(8-10-20)13-15-5-3-11-22-15/h1-2,4,6,12,15H,3,5,7-11,13H2. The van der Waals surface area contributed by atoms with Gasteiger partial charge in [0.15, 0.2) is 5.76 Å². The lowest BCUT2D eigenvalue weighted by Crippen LogP contribution is -2.50. The van der Waals surface area contributed by atoms with Gasteiger partial charge in [-0.3, -0.25) is 9.69 Å². The second-order valence-corrected chi connectivity index (χ2v) is 6.38. The van der Waals surface area contributed by atoms with Crippen LogP contribution in [0.15, 0.2) is 34.7 Å². The molecule has 5 nitrogen and oxygen atoms in total. The fourth-order valence-corrected chi connectivity index (χ4v) is 3.45. The minimum atomic E-state index is -0.00188. The summed E-state index contributed by atoms with van der Waals surface area (Å²) in [5.74, 6) is 0.441. The Morgan fingerprint density at radius 1 is 1.17 bits per heavy atom. The number of hydrogen-bond acceptors (Lipinski definition) is 4. The highest BCUT2D eigenvalue weighted by atomic mass is 16.5. The maximum Gasteiger partial charge on any atom is 0.289 e. The number of rotatable bonds is 3. The average molecular weight is 314 g/mol. The van der Waals surface area contributed by atoms with Gasteiger partial charge in [0, 0.05) is 44.7 Å². The smallest absolute Gasteiger partial charge is 0.289 e. The summed E-state index contributed by atoms with van der Waals surface area (Å²) in [5.41, 5.74) is 0.771. The fourth-order valence-electron chi connectivity index (χ4n) is 3.45. The molecule has 1 aromatic carbocycles. The van der Waals surface area contributed by atoms with E-state index in [0.29, 0.717) is 11.9 Å². The van der Waals surface area contributed by atoms with Gasteiger partial charge in [-0.1, -0.05) is 18.2 Å². The second-order valence-electron chi connectivity index (χ2n) is 6.38. The number of amides is 1. The molecule has 3 heterocycles. The molecule has 2 aliphatic rings. The summed E-state index contributed by atoms with van der Waals surface area (Å²) < 4.78 is 11.4. The van der Waals surface area contributed by atoms with E-state index in [4.69, 9.17) is 9.15 Å². The Labute approximate surface area is 135 Å². The summed E-state index contributed by atoms with van der Waals surface area (Å²) in [4.78, 5) is 16.9. The number of piperazine rings is 1. The third-order valence-electron chi connectivity index (χ3n) is 4.78. The molecule has 1 aromatic heterocycles. The van der Waals surface area contributed by atoms with Crippen molar-refractivity contribution in [3.8, 4) is 0 Å². The number of furan rings is 1. The van der Waals surface area contributed by atoms with Crippen LogP contribution in [0.1, 0.15) is 23.4 Å². The van der Waals surface area contributed by atoms with Gasteiger partial charge < -0.3 is 14.1 Å². The highest BCUT2D eigenvalue weighted by Crippen LogP contribution is 2.21. The Bertz CT molecular complexity index is 649. The second kappa shape index (κ2) is 6.34. The van der Waals surface area contributed by atoms with E-state index < -0.39 is 0 Å². The van der Waals surface area contributed by atoms with E-state index in [1.165, 1.54) is 6.42 Å². The summed E-state index contributed by atoms with van der Waals surface area (Å²) in [5, 5.41) is 0.980. The summed E-state index contributed by atoms with van der Waals surface area (Å²) in [6.07, 6.45) is 2.72. The van der Waals surface area contributed by atoms with Crippen molar-refractivity contribution in [1.29, 1.82) is 0 Å². The van der Waals surface area contributed by atoms with Crippen molar-refractivity contribution < 1.29 is 13.9 Å². The highest BCUT2D eigenvalue weighted by molar-refractivity contribution is 5.96. The normalized spacial score (nSPS) is 22.8. The van der Waals surface area contributed by atoms with Crippen LogP contribution in [0.2, 0.25) is 0 Å². The molecule has 0 radical (unpaired) electrons. The van der Waals surface area contributed by atoms with E-state index in [2.05, 4.69) is 4.90 Å². The van der Waals surface area contributed by atoms with Crippen LogP contribution in [-0.2, 0) is 4.74 Å². The Morgan fingerprint density at radius 3 is 2.74 bits per heavy atom. The Morgan fingerprint density at radius 2 is 2.00 bits per heavy atom. The van der Waals surface area contributed by atoms with Gasteiger partial charge in [-0.2, -0.15) is 0 Å². The molecule has 2 fully saturated rings. The van der Waals surface area contributed by atoms with Gasteiger partial charge in [0.05, 0.1) is 6.10 Å². The lowest BCUT2D eigenvalue weighted by molar-refractivity contribution is 0.0418. The zero-order valence-electron chi connectivity index (χ0n) is 13.2. The van der Waals surface area contributed by atoms with Gasteiger partial charge in [0.2, 0.25) is 0 Å². The van der Waals surface area contributed by atoms with E-state index in [9.17, 15) is 4.79 Å². The van der Waals surface area contributed by atoms with Crippen molar-refractivity contribution in [1.82, 2.24) is 9.80 Å². The first kappa shape index (κ1) is 14.7. The minimum absolute atomic E-state index is 0.00188. The number of hydrogen-bond donors (Lipinski definition) is 0. The zero-order chi connectivity index (χ0) is 15.6. The molecule has 1 amide bonds. The van der Waals surface area contributed by atoms with Crippen LogP contribution >= 0.6 is 0 Å². The van der Waals surface area contributed by atoms with Crippen LogP contribution < -0.4 is 0 Å². The van der Waals surface area contributed by atoms with Crippen molar-refractivity contribution in [3.63, 3.8) is 0 Å². The first-order chi connectivity index (χ1) is 11.3. The van der Waals surface area contributed by atoms with Crippen LogP contribution in [0, 0.1) is 0 Å². The molecule has 2 aromatic rings. The van der Waals surface area contributed by atoms with Gasteiger partial charge >= 0.3 is 0 Å². The Balaban J connectivity index is 1.36. The van der Waals surface area contributed by atoms with Crippen LogP contribution in [0.5, 0.6) is 0 Å². The topological polar surface area (TPSA) is 45.9 Å². The van der Waals surface area contributed by atoms with E-state index in [1.807, 2.05) is 35.2 Å². The Hall–Kier alpha value is -1.85. The molecule has 5 heteroatoms. The third-order valence-corrected chi connectivity index (χ3v) is 4.78. The highest BCUT2D eigenvalue weighted by Gasteiger charge is 2.26. The Kier molecular flexibility index (Phi) is 4.06. The molecule has 0 spiro atoms. The lowest BCUT2D eigenvalue weighted by atomic mass is 10.2. The van der Waals surface area contributed by atoms with E-state index in [-0.39, 0.29) is 5.91 Å². The maximum absolute atomic E-state index is 12.6. The van der Waals surface area contributed by atoms with Gasteiger partial charge in [0.1, 0.15) is 5.58 Å². The fraction of sp³-hybridized carbons (Fsp3) is 0.500. The molecule has 122 valence electrons. The van der Waals surface area contributed by atoms with Gasteiger partial charge in [-0.05, 0) is 25.0 Å². The number of nitrogens with zero attached hydrogens (tertiary/aromatic N) is 2. The maximum atomic E-state index is 12.6. The SMILES string of the molecule is O=C(c1cc2ccccc2o1)N1CCN(CC2CCCO2)CC1. The van der Waals surface area contributed by atoms with E-state index >= 15 is 0 Å². The quantitative estimate of drug-likeness (QED) is 0.872. The third kappa shape index (κ3) is 3.12. The molecular weight excluding hydrogens is 292 g/mol. The molecule has 1 atom stereocenters. The number of para-hydroxylation sites is 1. The largest absolute Gasteiger partial charge is 0.451 e. The molecular formula is C18H22N2O3. The summed E-state index contributed by atoms with van der Waals surface area (Å²) in [6, 6.07) is 9.58. The van der Waals surface area contributed by atoms with Crippen LogP contribution in [0.25, 0.3) is 11.0 Å². The van der Waals surface area contributed by atoms with Crippen molar-refractivity contribution >= 4 is 16.9 Å². The van der Waals surface area contributed by atoms with Crippen LogP contribution in [0.4, 0.5) is 0 Å². The summed E-state index contributed by atoms with van der Waals surface area (Å²) in [6.45, 7) is 5.21. The number of carbonyl (C=O) groups excluding carboxylic acids is 1. The van der Waals surface area contributed by atoms with E-state index in [1.54, 1.807) is 0 Å². The molecule has 0 saturated carbocycles. The molecule has 23 heavy (non-hydrogen) atoms. The number of carbonyl (C=O) groups is 1. The summed E-state index contributed by atoms with van der Waals surface area (Å²) >= 11 is 0. The lowest BCUT2D eigenvalue weighted by Gasteiger charge is -2.35. The van der Waals surface area contributed by atoms with Crippen LogP contribution in [0.3, 0.4) is 0 Å². The van der Waals surface area contributed by atoms with Crippen molar-refractivity contribution in [3.05, 3.63) is 36.1 Å². The van der Waals surface area contributed by atoms with Crippen molar-refractivity contribution in [2.24, 2.45) is 0 Å². The monoisotopic (exact) mass is 314 g/mol. The van der Waals surface area contributed by atoms with Gasteiger partial charge in [-0.25, -0.2) is 0 Å². The van der Waals surface area contributed by atoms with Gasteiger partial charge in [0.25, 0.3) is 5.91 Å². The van der Waals surface area contributed by atoms with Gasteiger partial charge in [-0.15, -0.1) is 0 Å². The molecule has 0 N–H and O–H groups in total. The molecule has 4 rings (SSSR count). The first-order valence-electron chi connectivity index (χ1n) is 8.41. The van der Waals surface area contributed by atoms with Crippen molar-refractivity contribution in [2.75, 3.05) is 39.3 Å². The molecule has 1 unspecified atom stereocenters. The molecule has 2 aliphatic heterocycles. The average Bonchev–Trinajstić information content (AvgIpc) is 3.24. The minimum Gasteiger partial charge on any atom is -0.451 e. The number of benzene rings is 1. The predicted molar refractivity (Wildman–Crippen MR) is 87.5 cm³/mol. The van der Waals surface area contributed by atoms with E-state index in [0.717, 1.165) is 56.7 Å². The molecule has 0 aliphatic carbocycles. The molecule has 0 bridgehead atoms. The van der Waals surface area contributed by atoms with Crippen LogP contribution in [-0.4, -0.2) is 61.1 Å². The predicted octanol–water partition coefficient (Wildman–Crippen LogP) is 2.37. The van der Waals surface area contributed by atoms with Crippen molar-refractivity contribution in [2.45, 2.75) is 18.9 Å². The molecule has 2 saturated heterocycles. The number of fused-ring (bicyclic) bond motifs is 1. The zero-order valence-corrected chi connectivity index (χ0v) is 13.2. The first-order valence-corrected chi connectivity index (χ1v) is 8.41.